The summed E-state index contributed by atoms with van der Waals surface area (Å²) in [6.45, 7) is 0. The summed E-state index contributed by atoms with van der Waals surface area (Å²) < 4.78 is 26.1. The second kappa shape index (κ2) is 3.31. The van der Waals surface area contributed by atoms with Gasteiger partial charge in [0.1, 0.15) is 4.21 Å². The summed E-state index contributed by atoms with van der Waals surface area (Å²) >= 11 is 1.45. The van der Waals surface area contributed by atoms with Crippen LogP contribution in [-0.2, 0) is 15.4 Å². The Hall–Kier alpha value is -0.390. The molecule has 1 aromatic rings. The van der Waals surface area contributed by atoms with Crippen LogP contribution in [0, 0.1) is 5.92 Å². The summed E-state index contributed by atoms with van der Waals surface area (Å²) in [5.74, 6) is 0.830. The van der Waals surface area contributed by atoms with Crippen molar-refractivity contribution in [3.8, 4) is 0 Å². The van der Waals surface area contributed by atoms with Gasteiger partial charge in [0.2, 0.25) is 10.0 Å². The van der Waals surface area contributed by atoms with Crippen LogP contribution >= 0.6 is 11.3 Å². The molecule has 88 valence electrons. The Morgan fingerprint density at radius 1 is 1.50 bits per heavy atom. The Bertz CT molecular complexity index is 520. The summed E-state index contributed by atoms with van der Waals surface area (Å²) in [5, 5.41) is 0. The number of nitrogens with one attached hydrogen (secondary N) is 1. The van der Waals surface area contributed by atoms with Gasteiger partial charge in [0.25, 0.3) is 0 Å². The lowest BCUT2D eigenvalue weighted by molar-refractivity contribution is 0.590. The molecule has 0 spiro atoms. The third-order valence-corrected chi connectivity index (χ3v) is 7.22. The maximum absolute atomic E-state index is 11.6. The van der Waals surface area contributed by atoms with E-state index in [0.717, 1.165) is 5.92 Å². The van der Waals surface area contributed by atoms with Gasteiger partial charge in [0.15, 0.2) is 0 Å². The molecular weight excluding hydrogens is 242 g/mol. The quantitative estimate of drug-likeness (QED) is 0.901. The minimum Gasteiger partial charge on any atom is -0.214 e. The lowest BCUT2D eigenvalue weighted by Gasteiger charge is -2.07. The maximum Gasteiger partial charge on any atom is 0.249 e. The monoisotopic (exact) mass is 257 g/mol. The molecule has 2 aliphatic rings. The van der Waals surface area contributed by atoms with Gasteiger partial charge in [0.05, 0.1) is 0 Å². The van der Waals surface area contributed by atoms with Crippen molar-refractivity contribution in [3.63, 3.8) is 0 Å². The van der Waals surface area contributed by atoms with Crippen LogP contribution < -0.4 is 4.72 Å². The van der Waals surface area contributed by atoms with Gasteiger partial charge < -0.3 is 0 Å². The number of hydrogen-bond donors (Lipinski definition) is 1. The minimum absolute atomic E-state index is 0.367. The van der Waals surface area contributed by atoms with Crippen molar-refractivity contribution in [1.82, 2.24) is 4.72 Å². The first-order valence-corrected chi connectivity index (χ1v) is 7.92. The zero-order valence-corrected chi connectivity index (χ0v) is 10.8. The summed E-state index contributed by atoms with van der Waals surface area (Å²) in [7, 11) is -1.79. The average Bonchev–Trinajstić information content (AvgIpc) is 2.74. The van der Waals surface area contributed by atoms with Crippen LogP contribution in [0.3, 0.4) is 0 Å². The highest BCUT2D eigenvalue weighted by molar-refractivity contribution is 7.91. The van der Waals surface area contributed by atoms with E-state index >= 15 is 0 Å². The molecule has 0 saturated heterocycles. The molecule has 16 heavy (non-hydrogen) atoms. The van der Waals surface area contributed by atoms with E-state index in [0.29, 0.717) is 9.62 Å². The summed E-state index contributed by atoms with van der Waals surface area (Å²) in [5.41, 5.74) is 0.367. The predicted molar refractivity (Wildman–Crippen MR) is 64.2 cm³/mol. The molecule has 3 nitrogen and oxygen atoms in total. The van der Waals surface area contributed by atoms with Crippen LogP contribution in [-0.4, -0.2) is 15.5 Å². The van der Waals surface area contributed by atoms with Crippen LogP contribution in [0.5, 0.6) is 0 Å². The molecule has 2 fully saturated rings. The lowest BCUT2D eigenvalue weighted by Crippen LogP contribution is -2.17. The fourth-order valence-corrected chi connectivity index (χ4v) is 5.44. The summed E-state index contributed by atoms with van der Waals surface area (Å²) in [6, 6.07) is 3.76. The van der Waals surface area contributed by atoms with Crippen molar-refractivity contribution in [1.29, 1.82) is 0 Å². The second-order valence-corrected chi connectivity index (χ2v) is 7.97. The van der Waals surface area contributed by atoms with E-state index in [4.69, 9.17) is 0 Å². The van der Waals surface area contributed by atoms with Gasteiger partial charge in [-0.3, -0.25) is 0 Å². The molecule has 1 heterocycles. The molecule has 0 aliphatic heterocycles. The van der Waals surface area contributed by atoms with E-state index in [1.165, 1.54) is 48.9 Å². The van der Waals surface area contributed by atoms with E-state index in [1.54, 1.807) is 6.07 Å². The Morgan fingerprint density at radius 2 is 2.31 bits per heavy atom. The van der Waals surface area contributed by atoms with Crippen LogP contribution in [0.2, 0.25) is 0 Å². The van der Waals surface area contributed by atoms with E-state index in [-0.39, 0.29) is 0 Å². The number of thiophene rings is 1. The Balaban J connectivity index is 1.95. The SMILES string of the molecule is CNS(=O)(=O)c1ccc([C@@]23CCCC2C3)s1. The van der Waals surface area contributed by atoms with Gasteiger partial charge in [-0.25, -0.2) is 13.1 Å². The van der Waals surface area contributed by atoms with E-state index in [9.17, 15) is 8.42 Å². The highest BCUT2D eigenvalue weighted by Gasteiger charge is 2.58. The average molecular weight is 257 g/mol. The Morgan fingerprint density at radius 3 is 2.88 bits per heavy atom. The van der Waals surface area contributed by atoms with Gasteiger partial charge in [-0.15, -0.1) is 11.3 Å². The molecule has 3 rings (SSSR count). The van der Waals surface area contributed by atoms with Gasteiger partial charge in [-0.05, 0) is 44.4 Å². The van der Waals surface area contributed by atoms with Gasteiger partial charge >= 0.3 is 0 Å². The number of hydrogen-bond acceptors (Lipinski definition) is 3. The normalized spacial score (nSPS) is 32.7. The van der Waals surface area contributed by atoms with Crippen LogP contribution in [0.15, 0.2) is 16.3 Å². The molecule has 0 bridgehead atoms. The number of sulfonamides is 1. The van der Waals surface area contributed by atoms with Crippen LogP contribution in [0.1, 0.15) is 30.6 Å². The van der Waals surface area contributed by atoms with Crippen molar-refractivity contribution < 1.29 is 8.42 Å². The largest absolute Gasteiger partial charge is 0.249 e. The first-order chi connectivity index (χ1) is 7.58. The molecule has 1 aromatic heterocycles. The standard InChI is InChI=1S/C11H15NO2S2/c1-12-16(13,14)10-5-4-9(15-10)11-6-2-3-8(11)7-11/h4-5,8,12H,2-3,6-7H2,1H3/t8?,11-/m1/s1. The van der Waals surface area contributed by atoms with Crippen molar-refractivity contribution in [2.24, 2.45) is 5.92 Å². The first kappa shape index (κ1) is 10.7. The molecule has 2 aliphatic carbocycles. The minimum atomic E-state index is -3.25. The van der Waals surface area contributed by atoms with Crippen molar-refractivity contribution in [3.05, 3.63) is 17.0 Å². The summed E-state index contributed by atoms with van der Waals surface area (Å²) in [4.78, 5) is 1.28. The van der Waals surface area contributed by atoms with Crippen LogP contribution in [0.4, 0.5) is 0 Å². The molecule has 2 saturated carbocycles. The Kier molecular flexibility index (Phi) is 2.22. The molecule has 2 atom stereocenters. The maximum atomic E-state index is 11.6. The molecule has 1 N–H and O–H groups in total. The highest BCUT2D eigenvalue weighted by atomic mass is 32.2. The third-order valence-electron chi connectivity index (χ3n) is 4.01. The highest BCUT2D eigenvalue weighted by Crippen LogP contribution is 2.65. The second-order valence-electron chi connectivity index (χ2n) is 4.78. The fraction of sp³-hybridized carbons (Fsp3) is 0.636. The topological polar surface area (TPSA) is 46.2 Å². The van der Waals surface area contributed by atoms with Crippen molar-refractivity contribution in [2.75, 3.05) is 7.05 Å². The van der Waals surface area contributed by atoms with Crippen molar-refractivity contribution in [2.45, 2.75) is 35.3 Å². The number of fused-ring (bicyclic) bond motifs is 1. The predicted octanol–water partition coefficient (Wildman–Crippen LogP) is 2.10. The smallest absolute Gasteiger partial charge is 0.214 e. The molecule has 0 radical (unpaired) electrons. The zero-order chi connectivity index (χ0) is 11.4. The molecule has 5 heteroatoms. The lowest BCUT2D eigenvalue weighted by atomic mass is 10.0. The van der Waals surface area contributed by atoms with E-state index < -0.39 is 10.0 Å². The molecular formula is C11H15NO2S2. The number of rotatable bonds is 3. The third kappa shape index (κ3) is 1.38. The van der Waals surface area contributed by atoms with Crippen molar-refractivity contribution >= 4 is 21.4 Å². The first-order valence-electron chi connectivity index (χ1n) is 5.62. The van der Waals surface area contributed by atoms with E-state index in [2.05, 4.69) is 4.72 Å². The zero-order valence-electron chi connectivity index (χ0n) is 9.19. The molecule has 0 aromatic carbocycles. The van der Waals surface area contributed by atoms with Crippen LogP contribution in [0.25, 0.3) is 0 Å². The van der Waals surface area contributed by atoms with E-state index in [1.807, 2.05) is 6.07 Å². The Labute approximate surface area is 99.9 Å². The summed E-state index contributed by atoms with van der Waals surface area (Å²) in [6.07, 6.45) is 5.15. The van der Waals surface area contributed by atoms with Gasteiger partial charge in [-0.2, -0.15) is 0 Å². The fourth-order valence-electron chi connectivity index (χ4n) is 2.99. The van der Waals surface area contributed by atoms with Gasteiger partial charge in [-0.1, -0.05) is 6.42 Å². The molecule has 0 amide bonds. The van der Waals surface area contributed by atoms with Gasteiger partial charge in [0, 0.05) is 10.3 Å². The molecule has 1 unspecified atom stereocenters.